The number of carboxylic acid groups (broad SMARTS) is 1. The Morgan fingerprint density at radius 1 is 0.853 bits per heavy atom. The molecular weight excluding hydrogens is 471 g/mol. The Balaban J connectivity index is 4.53. The average Bonchev–Trinajstić information content (AvgIpc) is 2.81. The molecule has 0 aromatic rings. The van der Waals surface area contributed by atoms with Gasteiger partial charge in [0, 0.05) is 5.25 Å². The monoisotopic (exact) mass is 523 g/mol. The van der Waals surface area contributed by atoms with Gasteiger partial charge >= 0.3 is 19.5 Å². The van der Waals surface area contributed by atoms with E-state index in [9.17, 15) is 19.6 Å². The van der Waals surface area contributed by atoms with Crippen molar-refractivity contribution in [1.29, 1.82) is 0 Å². The highest BCUT2D eigenvalue weighted by molar-refractivity contribution is 7.99. The fourth-order valence-electron chi connectivity index (χ4n) is 3.78. The third-order valence-electron chi connectivity index (χ3n) is 5.99. The van der Waals surface area contributed by atoms with E-state index in [1.165, 1.54) is 64.2 Å². The number of ether oxygens (including phenoxy) is 1. The summed E-state index contributed by atoms with van der Waals surface area (Å²) >= 11 is 1.82. The van der Waals surface area contributed by atoms with E-state index >= 15 is 0 Å². The maximum Gasteiger partial charge on any atom is 0.589 e. The van der Waals surface area contributed by atoms with Gasteiger partial charge in [0.15, 0.2) is 0 Å². The smallest absolute Gasteiger partial charge is 0.474 e. The van der Waals surface area contributed by atoms with Gasteiger partial charge < -0.3 is 10.2 Å². The van der Waals surface area contributed by atoms with Crippen LogP contribution in [0.15, 0.2) is 0 Å². The van der Waals surface area contributed by atoms with Gasteiger partial charge in [-0.25, -0.2) is 4.79 Å². The number of hydrogen-bond donors (Lipinski definition) is 2. The van der Waals surface area contributed by atoms with E-state index < -0.39 is 25.6 Å². The van der Waals surface area contributed by atoms with Crippen LogP contribution in [-0.4, -0.2) is 45.4 Å². The summed E-state index contributed by atoms with van der Waals surface area (Å²) in [6.07, 6.45) is 18.6. The van der Waals surface area contributed by atoms with Crippen molar-refractivity contribution in [2.45, 2.75) is 147 Å². The van der Waals surface area contributed by atoms with Crippen LogP contribution in [0.25, 0.3) is 0 Å². The fourth-order valence-corrected chi connectivity index (χ4v) is 6.14. The second-order valence-electron chi connectivity index (χ2n) is 9.27. The minimum absolute atomic E-state index is 0.00441. The maximum absolute atomic E-state index is 12.6. The largest absolute Gasteiger partial charge is 0.589 e. The summed E-state index contributed by atoms with van der Waals surface area (Å²) in [5.74, 6) is -0.665. The number of carboxylic acids is 1. The number of aliphatic hydroxyl groups is 1. The predicted molar refractivity (Wildman–Crippen MR) is 144 cm³/mol. The Bertz CT molecular complexity index is 522. The second kappa shape index (κ2) is 22.0. The molecule has 0 bridgehead atoms. The van der Waals surface area contributed by atoms with Crippen molar-refractivity contribution in [3.63, 3.8) is 0 Å². The molecule has 0 fully saturated rings. The topological polar surface area (TPSA) is 93.1 Å². The predicted octanol–water partition coefficient (Wildman–Crippen LogP) is 8.28. The first-order chi connectivity index (χ1) is 16.3. The van der Waals surface area contributed by atoms with Gasteiger partial charge in [-0.3, -0.25) is 4.74 Å². The van der Waals surface area contributed by atoms with Crippen LogP contribution in [-0.2, 0) is 18.6 Å². The zero-order chi connectivity index (χ0) is 25.7. The van der Waals surface area contributed by atoms with Crippen LogP contribution in [0.4, 0.5) is 0 Å². The van der Waals surface area contributed by atoms with Crippen LogP contribution in [0.1, 0.15) is 130 Å². The quantitative estimate of drug-likeness (QED) is 0.0706. The zero-order valence-electron chi connectivity index (χ0n) is 22.3. The summed E-state index contributed by atoms with van der Waals surface area (Å²) in [6, 6.07) is 0. The first-order valence-corrected chi connectivity index (χ1v) is 15.9. The number of hydrogen-bond acceptors (Lipinski definition) is 6. The van der Waals surface area contributed by atoms with Crippen LogP contribution in [0.5, 0.6) is 0 Å². The summed E-state index contributed by atoms with van der Waals surface area (Å²) in [7, 11) is -2.93. The number of rotatable bonds is 25. The highest BCUT2D eigenvalue weighted by Gasteiger charge is 2.61. The molecule has 0 heterocycles. The maximum atomic E-state index is 12.6. The van der Waals surface area contributed by atoms with Crippen molar-refractivity contribution in [2.24, 2.45) is 0 Å². The third-order valence-corrected chi connectivity index (χ3v) is 8.90. The Labute approximate surface area is 214 Å². The van der Waals surface area contributed by atoms with E-state index in [4.69, 9.17) is 9.26 Å². The summed E-state index contributed by atoms with van der Waals surface area (Å²) in [5.41, 5.74) is -2.80. The molecule has 0 aliphatic rings. The summed E-state index contributed by atoms with van der Waals surface area (Å²) < 4.78 is 23.2. The van der Waals surface area contributed by atoms with Gasteiger partial charge in [0.25, 0.3) is 0 Å². The van der Waals surface area contributed by atoms with Gasteiger partial charge in [-0.1, -0.05) is 104 Å². The number of unbranched alkanes of at least 4 members (excludes halogenated alkanes) is 12. The minimum Gasteiger partial charge on any atom is -0.474 e. The highest BCUT2D eigenvalue weighted by atomic mass is 32.2. The standard InChI is InChI=1S/C26H51O6PS/c1-5-8-10-12-13-14-15-16-17-19-22-34-24(20-18-11-9-6-2)23(4)32-33(30)26(29,25(27)28)31-21-7-3/h23-24,29H,5-22H2,1-4H3/p+1. The van der Waals surface area contributed by atoms with Crippen molar-refractivity contribution >= 4 is 25.8 Å². The molecule has 34 heavy (non-hydrogen) atoms. The lowest BCUT2D eigenvalue weighted by Crippen LogP contribution is -2.39. The first kappa shape index (κ1) is 33.8. The molecule has 0 aromatic carbocycles. The minimum atomic E-state index is -2.93. The number of carbonyl (C=O) groups is 1. The second-order valence-corrected chi connectivity index (χ2v) is 11.9. The summed E-state index contributed by atoms with van der Waals surface area (Å²) in [4.78, 5) is 11.5. The molecule has 0 spiro atoms. The van der Waals surface area contributed by atoms with Gasteiger partial charge in [0.05, 0.1) is 6.61 Å². The van der Waals surface area contributed by atoms with E-state index in [2.05, 4.69) is 13.8 Å². The molecular formula is C26H52O6PS+. The SMILES string of the molecule is CCCCCCCCCCCCSC(CCCCCC)C(C)O[P+](=O)C(O)(OCCC)C(=O)O. The summed E-state index contributed by atoms with van der Waals surface area (Å²) in [5, 5.41) is 19.8. The molecule has 0 aromatic heterocycles. The van der Waals surface area contributed by atoms with E-state index in [0.29, 0.717) is 6.42 Å². The number of thioether (sulfide) groups is 1. The normalized spacial score (nSPS) is 15.6. The fraction of sp³-hybridized carbons (Fsp3) is 0.962. The number of aliphatic carboxylic acids is 1. The average molecular weight is 524 g/mol. The molecule has 6 nitrogen and oxygen atoms in total. The van der Waals surface area contributed by atoms with Crippen LogP contribution < -0.4 is 0 Å². The molecule has 0 rings (SSSR count). The molecule has 0 saturated carbocycles. The Hall–Kier alpha value is -0.200. The van der Waals surface area contributed by atoms with Crippen molar-refractivity contribution in [1.82, 2.24) is 0 Å². The van der Waals surface area contributed by atoms with Crippen molar-refractivity contribution in [3.05, 3.63) is 0 Å². The molecule has 0 aliphatic carbocycles. The van der Waals surface area contributed by atoms with Crippen LogP contribution in [0.3, 0.4) is 0 Å². The van der Waals surface area contributed by atoms with Crippen molar-refractivity contribution in [3.8, 4) is 0 Å². The Morgan fingerprint density at radius 2 is 1.35 bits per heavy atom. The van der Waals surface area contributed by atoms with Crippen LogP contribution >= 0.6 is 19.8 Å². The first-order valence-electron chi connectivity index (χ1n) is 13.7. The van der Waals surface area contributed by atoms with Gasteiger partial charge in [-0.2, -0.15) is 11.8 Å². The van der Waals surface area contributed by atoms with E-state index in [1.54, 1.807) is 6.92 Å². The molecule has 0 radical (unpaired) electrons. The third kappa shape index (κ3) is 15.7. The van der Waals surface area contributed by atoms with Gasteiger partial charge in [-0.15, -0.1) is 4.52 Å². The van der Waals surface area contributed by atoms with Gasteiger partial charge in [-0.05, 0) is 36.5 Å². The van der Waals surface area contributed by atoms with Crippen molar-refractivity contribution in [2.75, 3.05) is 12.4 Å². The van der Waals surface area contributed by atoms with E-state index in [1.807, 2.05) is 18.7 Å². The van der Waals surface area contributed by atoms with Crippen LogP contribution in [0.2, 0.25) is 0 Å². The molecule has 8 heteroatoms. The summed E-state index contributed by atoms with van der Waals surface area (Å²) in [6.45, 7) is 8.03. The lowest BCUT2D eigenvalue weighted by atomic mass is 10.1. The molecule has 0 saturated heterocycles. The van der Waals surface area contributed by atoms with Crippen LogP contribution in [0, 0.1) is 0 Å². The van der Waals surface area contributed by atoms with E-state index in [-0.39, 0.29) is 11.9 Å². The highest BCUT2D eigenvalue weighted by Crippen LogP contribution is 2.42. The van der Waals surface area contributed by atoms with Gasteiger partial charge in [0.2, 0.25) is 0 Å². The van der Waals surface area contributed by atoms with Gasteiger partial charge in [0.1, 0.15) is 6.10 Å². The lowest BCUT2D eigenvalue weighted by Gasteiger charge is -2.21. The molecule has 4 atom stereocenters. The molecule has 2 N–H and O–H groups in total. The lowest BCUT2D eigenvalue weighted by molar-refractivity contribution is -0.192. The van der Waals surface area contributed by atoms with E-state index in [0.717, 1.165) is 37.9 Å². The zero-order valence-corrected chi connectivity index (χ0v) is 24.0. The molecule has 4 unspecified atom stereocenters. The molecule has 0 aliphatic heterocycles. The van der Waals surface area contributed by atoms with Crippen molar-refractivity contribution < 1.29 is 28.8 Å². The molecule has 0 amide bonds. The molecule has 202 valence electrons. The Morgan fingerprint density at radius 3 is 1.85 bits per heavy atom. The Kier molecular flexibility index (Phi) is 21.9.